The van der Waals surface area contributed by atoms with Crippen molar-refractivity contribution < 1.29 is 19.8 Å². The second-order valence-corrected chi connectivity index (χ2v) is 6.19. The first-order valence-corrected chi connectivity index (χ1v) is 8.51. The molecule has 2 aliphatic rings. The van der Waals surface area contributed by atoms with Crippen LogP contribution in [-0.2, 0) is 4.79 Å². The van der Waals surface area contributed by atoms with E-state index in [0.29, 0.717) is 24.5 Å². The van der Waals surface area contributed by atoms with E-state index in [4.69, 9.17) is 0 Å². The van der Waals surface area contributed by atoms with E-state index in [0.717, 1.165) is 0 Å². The summed E-state index contributed by atoms with van der Waals surface area (Å²) in [5.74, 6) is -0.0702. The third-order valence-electron chi connectivity index (χ3n) is 4.72. The molecule has 3 rings (SSSR count). The van der Waals surface area contributed by atoms with Crippen LogP contribution in [0.25, 0.3) is 6.08 Å². The minimum absolute atomic E-state index is 0.189. The molecule has 1 aromatic rings. The number of carbonyl (C=O) groups excluding carboxylic acids is 2. The molecule has 2 N–H and O–H groups in total. The van der Waals surface area contributed by atoms with Crippen LogP contribution in [-0.4, -0.2) is 75.0 Å². The fourth-order valence-corrected chi connectivity index (χ4v) is 3.28. The molecule has 1 fully saturated rings. The molecule has 0 radical (unpaired) electrons. The molecule has 2 unspecified atom stereocenters. The van der Waals surface area contributed by atoms with E-state index in [9.17, 15) is 19.8 Å². The van der Waals surface area contributed by atoms with Crippen LogP contribution in [0, 0.1) is 0 Å². The van der Waals surface area contributed by atoms with Crippen molar-refractivity contribution in [2.24, 2.45) is 4.99 Å². The summed E-state index contributed by atoms with van der Waals surface area (Å²) in [5.41, 5.74) is 0.677. The monoisotopic (exact) mass is 358 g/mol. The SMILES string of the molecule is CCN1C(=O)C2C(N=C(/C=C/c3ccc(O)c(O)c3)N2C)N(CC)C1=O. The van der Waals surface area contributed by atoms with Gasteiger partial charge in [0.1, 0.15) is 5.84 Å². The number of amidine groups is 1. The largest absolute Gasteiger partial charge is 0.504 e. The number of aromatic hydroxyl groups is 2. The Bertz CT molecular complexity index is 804. The highest BCUT2D eigenvalue weighted by molar-refractivity contribution is 6.07. The van der Waals surface area contributed by atoms with Gasteiger partial charge < -0.3 is 15.1 Å². The number of hydrogen-bond acceptors (Lipinski definition) is 6. The number of likely N-dealkylation sites (N-methyl/N-ethyl adjacent to an activating group) is 3. The summed E-state index contributed by atoms with van der Waals surface area (Å²) in [6.07, 6.45) is 2.92. The van der Waals surface area contributed by atoms with Crippen LogP contribution in [0.3, 0.4) is 0 Å². The minimum Gasteiger partial charge on any atom is -0.504 e. The standard InChI is InChI=1S/C18H22N4O4/c1-4-21-16-15(17(25)22(5-2)18(21)26)20(3)14(19-16)9-7-11-6-8-12(23)13(24)10-11/h6-10,15-16,23-24H,4-5H2,1-3H3/b9-7+. The van der Waals surface area contributed by atoms with Gasteiger partial charge in [-0.1, -0.05) is 12.1 Å². The lowest BCUT2D eigenvalue weighted by Gasteiger charge is -2.41. The van der Waals surface area contributed by atoms with E-state index in [1.807, 2.05) is 6.92 Å². The molecule has 2 atom stereocenters. The molecule has 2 aliphatic heterocycles. The zero-order chi connectivity index (χ0) is 19.0. The molecule has 0 aromatic heterocycles. The van der Waals surface area contributed by atoms with E-state index in [1.165, 1.54) is 17.0 Å². The molecule has 0 saturated carbocycles. The van der Waals surface area contributed by atoms with Crippen molar-refractivity contribution in [2.75, 3.05) is 20.1 Å². The number of aliphatic imine (C=N–C) groups is 1. The minimum atomic E-state index is -0.541. The van der Waals surface area contributed by atoms with Crippen molar-refractivity contribution in [3.05, 3.63) is 29.8 Å². The predicted molar refractivity (Wildman–Crippen MR) is 96.7 cm³/mol. The first-order valence-electron chi connectivity index (χ1n) is 8.51. The fourth-order valence-electron chi connectivity index (χ4n) is 3.28. The summed E-state index contributed by atoms with van der Waals surface area (Å²) in [6, 6.07) is 3.63. The van der Waals surface area contributed by atoms with Crippen LogP contribution in [0.15, 0.2) is 29.3 Å². The second-order valence-electron chi connectivity index (χ2n) is 6.19. The van der Waals surface area contributed by atoms with Gasteiger partial charge in [-0.05, 0) is 37.6 Å². The van der Waals surface area contributed by atoms with Gasteiger partial charge in [0.15, 0.2) is 23.7 Å². The highest BCUT2D eigenvalue weighted by atomic mass is 16.3. The lowest BCUT2D eigenvalue weighted by Crippen LogP contribution is -2.65. The van der Waals surface area contributed by atoms with Crippen molar-refractivity contribution in [3.8, 4) is 11.5 Å². The highest BCUT2D eigenvalue weighted by Crippen LogP contribution is 2.29. The summed E-state index contributed by atoms with van der Waals surface area (Å²) < 4.78 is 0. The molecule has 26 heavy (non-hydrogen) atoms. The molecule has 0 spiro atoms. The Labute approximate surface area is 151 Å². The second kappa shape index (κ2) is 6.70. The molecule has 8 nitrogen and oxygen atoms in total. The summed E-state index contributed by atoms with van der Waals surface area (Å²) in [4.78, 5) is 34.4. The third kappa shape index (κ3) is 2.77. The van der Waals surface area contributed by atoms with Gasteiger partial charge in [0, 0.05) is 20.1 Å². The number of phenolic OH excluding ortho intramolecular Hbond substituents is 2. The van der Waals surface area contributed by atoms with Gasteiger partial charge in [-0.25, -0.2) is 9.79 Å². The zero-order valence-electron chi connectivity index (χ0n) is 15.0. The quantitative estimate of drug-likeness (QED) is 0.794. The van der Waals surface area contributed by atoms with E-state index < -0.39 is 12.2 Å². The highest BCUT2D eigenvalue weighted by Gasteiger charge is 2.50. The number of amides is 3. The van der Waals surface area contributed by atoms with Gasteiger partial charge in [-0.3, -0.25) is 14.6 Å². The van der Waals surface area contributed by atoms with Gasteiger partial charge in [-0.15, -0.1) is 0 Å². The van der Waals surface area contributed by atoms with E-state index in [-0.39, 0.29) is 23.4 Å². The molecule has 8 heteroatoms. The first-order chi connectivity index (χ1) is 12.4. The van der Waals surface area contributed by atoms with Crippen LogP contribution in [0.2, 0.25) is 0 Å². The Balaban J connectivity index is 1.89. The number of hydrogen-bond donors (Lipinski definition) is 2. The van der Waals surface area contributed by atoms with Crippen molar-refractivity contribution >= 4 is 23.8 Å². The van der Waals surface area contributed by atoms with Crippen molar-refractivity contribution in [1.29, 1.82) is 0 Å². The van der Waals surface area contributed by atoms with E-state index in [2.05, 4.69) is 4.99 Å². The Hall–Kier alpha value is -3.03. The van der Waals surface area contributed by atoms with Crippen molar-refractivity contribution in [3.63, 3.8) is 0 Å². The number of benzene rings is 1. The predicted octanol–water partition coefficient (Wildman–Crippen LogP) is 1.45. The zero-order valence-corrected chi connectivity index (χ0v) is 15.0. The fraction of sp³-hybridized carbons (Fsp3) is 0.389. The van der Waals surface area contributed by atoms with Crippen LogP contribution < -0.4 is 0 Å². The average molecular weight is 358 g/mol. The Morgan fingerprint density at radius 3 is 2.46 bits per heavy atom. The summed E-state index contributed by atoms with van der Waals surface area (Å²) in [6.45, 7) is 4.42. The number of carbonyl (C=O) groups is 2. The van der Waals surface area contributed by atoms with Gasteiger partial charge >= 0.3 is 6.03 Å². The average Bonchev–Trinajstić information content (AvgIpc) is 2.93. The number of fused-ring (bicyclic) bond motifs is 1. The number of phenols is 2. The van der Waals surface area contributed by atoms with Crippen LogP contribution >= 0.6 is 0 Å². The lowest BCUT2D eigenvalue weighted by atomic mass is 10.1. The van der Waals surface area contributed by atoms with Crippen LogP contribution in [0.5, 0.6) is 11.5 Å². The number of imide groups is 1. The Morgan fingerprint density at radius 2 is 1.85 bits per heavy atom. The van der Waals surface area contributed by atoms with Crippen molar-refractivity contribution in [1.82, 2.24) is 14.7 Å². The maximum atomic E-state index is 12.7. The van der Waals surface area contributed by atoms with Gasteiger partial charge in [-0.2, -0.15) is 0 Å². The molecule has 2 heterocycles. The topological polar surface area (TPSA) is 96.7 Å². The molecule has 3 amide bonds. The molecule has 1 saturated heterocycles. The molecule has 1 aromatic carbocycles. The summed E-state index contributed by atoms with van der Waals surface area (Å²) in [5, 5.41) is 19.0. The summed E-state index contributed by atoms with van der Waals surface area (Å²) in [7, 11) is 1.78. The molecule has 138 valence electrons. The number of urea groups is 1. The van der Waals surface area contributed by atoms with E-state index >= 15 is 0 Å². The Morgan fingerprint density at radius 1 is 1.12 bits per heavy atom. The summed E-state index contributed by atoms with van der Waals surface area (Å²) >= 11 is 0. The molecular weight excluding hydrogens is 336 g/mol. The van der Waals surface area contributed by atoms with Gasteiger partial charge in [0.05, 0.1) is 0 Å². The maximum absolute atomic E-state index is 12.7. The molecular formula is C18H22N4O4. The molecule has 0 aliphatic carbocycles. The molecule has 0 bridgehead atoms. The Kier molecular flexibility index (Phi) is 4.58. The first kappa shape index (κ1) is 17.8. The number of rotatable bonds is 4. The normalized spacial score (nSPS) is 23.0. The van der Waals surface area contributed by atoms with Crippen LogP contribution in [0.4, 0.5) is 4.79 Å². The maximum Gasteiger partial charge on any atom is 0.328 e. The lowest BCUT2D eigenvalue weighted by molar-refractivity contribution is -0.137. The van der Waals surface area contributed by atoms with Gasteiger partial charge in [0.25, 0.3) is 5.91 Å². The third-order valence-corrected chi connectivity index (χ3v) is 4.72. The van der Waals surface area contributed by atoms with E-state index in [1.54, 1.807) is 42.0 Å². The number of nitrogens with zero attached hydrogens (tertiary/aromatic N) is 4. The van der Waals surface area contributed by atoms with Gasteiger partial charge in [0.2, 0.25) is 0 Å². The van der Waals surface area contributed by atoms with Crippen LogP contribution in [0.1, 0.15) is 19.4 Å². The van der Waals surface area contributed by atoms with Crippen molar-refractivity contribution in [2.45, 2.75) is 26.1 Å². The smallest absolute Gasteiger partial charge is 0.328 e.